The van der Waals surface area contributed by atoms with Gasteiger partial charge in [0.1, 0.15) is 0 Å². The lowest BCUT2D eigenvalue weighted by Gasteiger charge is -2.12. The zero-order chi connectivity index (χ0) is 22.4. The lowest BCUT2D eigenvalue weighted by Crippen LogP contribution is -2.16. The Morgan fingerprint density at radius 2 is 1.63 bits per heavy atom. The Kier molecular flexibility index (Phi) is 8.05. The summed E-state index contributed by atoms with van der Waals surface area (Å²) in [7, 11) is 2.48. The molecule has 8 nitrogen and oxygen atoms in total. The Morgan fingerprint density at radius 3 is 2.13 bits per heavy atom. The van der Waals surface area contributed by atoms with E-state index in [-0.39, 0.29) is 22.8 Å². The van der Waals surface area contributed by atoms with Crippen molar-refractivity contribution in [3.8, 4) is 0 Å². The minimum atomic E-state index is -0.618. The molecule has 0 radical (unpaired) electrons. The minimum Gasteiger partial charge on any atom is -0.465 e. The SMILES string of the molecule is COC(=O)c1cc(NC(=O)CSc2nc(C)c(C)n2CC(C)C)cc(C(=O)OC)c1. The van der Waals surface area contributed by atoms with Gasteiger partial charge >= 0.3 is 11.9 Å². The molecule has 0 aliphatic heterocycles. The van der Waals surface area contributed by atoms with Gasteiger partial charge in [-0.2, -0.15) is 0 Å². The van der Waals surface area contributed by atoms with Gasteiger partial charge in [0.05, 0.1) is 36.8 Å². The van der Waals surface area contributed by atoms with E-state index >= 15 is 0 Å². The normalized spacial score (nSPS) is 10.8. The lowest BCUT2D eigenvalue weighted by molar-refractivity contribution is -0.113. The molecule has 0 aliphatic carbocycles. The highest BCUT2D eigenvalue weighted by molar-refractivity contribution is 7.99. The molecule has 2 rings (SSSR count). The number of carbonyl (C=O) groups excluding carboxylic acids is 3. The fourth-order valence-corrected chi connectivity index (χ4v) is 3.71. The predicted molar refractivity (Wildman–Crippen MR) is 115 cm³/mol. The number of carbonyl (C=O) groups is 3. The standard InChI is InChI=1S/C21H27N3O5S/c1-12(2)10-24-14(4)13(3)22-21(24)30-11-18(25)23-17-8-15(19(26)28-5)7-16(9-17)20(27)29-6/h7-9,12H,10-11H2,1-6H3,(H,23,25). The Morgan fingerprint density at radius 1 is 1.07 bits per heavy atom. The first-order chi connectivity index (χ1) is 14.2. The second kappa shape index (κ2) is 10.3. The third kappa shape index (κ3) is 5.85. The largest absolute Gasteiger partial charge is 0.465 e. The van der Waals surface area contributed by atoms with Crippen LogP contribution in [0.5, 0.6) is 0 Å². The van der Waals surface area contributed by atoms with Crippen molar-refractivity contribution in [1.29, 1.82) is 0 Å². The number of hydrogen-bond acceptors (Lipinski definition) is 7. The summed E-state index contributed by atoms with van der Waals surface area (Å²) >= 11 is 1.34. The molecule has 9 heteroatoms. The summed E-state index contributed by atoms with van der Waals surface area (Å²) < 4.78 is 11.5. The van der Waals surface area contributed by atoms with Crippen LogP contribution in [-0.4, -0.2) is 47.4 Å². The van der Waals surface area contributed by atoms with Crippen molar-refractivity contribution in [3.63, 3.8) is 0 Å². The average Bonchev–Trinajstić information content (AvgIpc) is 2.97. The summed E-state index contributed by atoms with van der Waals surface area (Å²) in [5.74, 6) is -0.945. The van der Waals surface area contributed by atoms with Gasteiger partial charge in [0.2, 0.25) is 5.91 Å². The quantitative estimate of drug-likeness (QED) is 0.503. The van der Waals surface area contributed by atoms with Gasteiger partial charge in [-0.15, -0.1) is 0 Å². The number of methoxy groups -OCH3 is 2. The second-order valence-corrected chi connectivity index (χ2v) is 8.13. The molecular weight excluding hydrogens is 406 g/mol. The minimum absolute atomic E-state index is 0.129. The van der Waals surface area contributed by atoms with E-state index in [0.29, 0.717) is 11.6 Å². The van der Waals surface area contributed by atoms with Gasteiger partial charge in [-0.3, -0.25) is 4.79 Å². The molecule has 0 unspecified atom stereocenters. The molecular formula is C21H27N3O5S. The highest BCUT2D eigenvalue weighted by atomic mass is 32.2. The summed E-state index contributed by atoms with van der Waals surface area (Å²) in [6.07, 6.45) is 0. The molecule has 0 saturated carbocycles. The molecule has 30 heavy (non-hydrogen) atoms. The Bertz CT molecular complexity index is 918. The smallest absolute Gasteiger partial charge is 0.337 e. The highest BCUT2D eigenvalue weighted by Crippen LogP contribution is 2.23. The third-order valence-corrected chi connectivity index (χ3v) is 5.34. The predicted octanol–water partition coefficient (Wildman–Crippen LogP) is 3.46. The summed E-state index contributed by atoms with van der Waals surface area (Å²) in [6, 6.07) is 4.26. The molecule has 162 valence electrons. The first-order valence-corrected chi connectivity index (χ1v) is 10.4. The topological polar surface area (TPSA) is 99.5 Å². The molecule has 1 N–H and O–H groups in total. The van der Waals surface area contributed by atoms with Crippen LogP contribution in [0.2, 0.25) is 0 Å². The number of nitrogens with one attached hydrogen (secondary N) is 1. The van der Waals surface area contributed by atoms with Crippen molar-refractivity contribution >= 4 is 35.3 Å². The van der Waals surface area contributed by atoms with E-state index in [1.165, 1.54) is 44.2 Å². The number of benzene rings is 1. The van der Waals surface area contributed by atoms with E-state index < -0.39 is 11.9 Å². The molecule has 0 aliphatic rings. The summed E-state index contributed by atoms with van der Waals surface area (Å²) in [4.78, 5) is 40.8. The molecule has 0 saturated heterocycles. The van der Waals surface area contributed by atoms with Crippen LogP contribution >= 0.6 is 11.8 Å². The number of thioether (sulfide) groups is 1. The number of ether oxygens (including phenoxy) is 2. The number of imidazole rings is 1. The van der Waals surface area contributed by atoms with E-state index in [1.54, 1.807) is 0 Å². The van der Waals surface area contributed by atoms with E-state index in [4.69, 9.17) is 9.47 Å². The van der Waals surface area contributed by atoms with Gasteiger partial charge < -0.3 is 19.4 Å². The lowest BCUT2D eigenvalue weighted by atomic mass is 10.1. The highest BCUT2D eigenvalue weighted by Gasteiger charge is 2.17. The molecule has 0 fully saturated rings. The van der Waals surface area contributed by atoms with Crippen LogP contribution in [0.15, 0.2) is 23.4 Å². The Labute approximate surface area is 180 Å². The second-order valence-electron chi connectivity index (χ2n) is 7.19. The van der Waals surface area contributed by atoms with Crippen molar-refractivity contribution < 1.29 is 23.9 Å². The fraction of sp³-hybridized carbons (Fsp3) is 0.429. The number of anilines is 1. The van der Waals surface area contributed by atoms with Gasteiger partial charge in [0.15, 0.2) is 5.16 Å². The van der Waals surface area contributed by atoms with E-state index in [0.717, 1.165) is 23.1 Å². The monoisotopic (exact) mass is 433 g/mol. The zero-order valence-electron chi connectivity index (χ0n) is 18.1. The Balaban J connectivity index is 2.16. The van der Waals surface area contributed by atoms with Crippen molar-refractivity contribution in [2.45, 2.75) is 39.4 Å². The number of rotatable bonds is 8. The van der Waals surface area contributed by atoms with Crippen LogP contribution in [0.1, 0.15) is 46.0 Å². The molecule has 1 heterocycles. The number of hydrogen-bond donors (Lipinski definition) is 1. The maximum absolute atomic E-state index is 12.5. The Hall–Kier alpha value is -2.81. The molecule has 2 aromatic rings. The number of amides is 1. The van der Waals surface area contributed by atoms with E-state index in [1.807, 2.05) is 13.8 Å². The van der Waals surface area contributed by atoms with Crippen LogP contribution in [0.3, 0.4) is 0 Å². The van der Waals surface area contributed by atoms with Gasteiger partial charge in [0.25, 0.3) is 0 Å². The van der Waals surface area contributed by atoms with Gasteiger partial charge in [0, 0.05) is 17.9 Å². The summed E-state index contributed by atoms with van der Waals surface area (Å²) in [5.41, 5.74) is 2.61. The van der Waals surface area contributed by atoms with Gasteiger partial charge in [-0.25, -0.2) is 14.6 Å². The maximum atomic E-state index is 12.5. The molecule has 1 amide bonds. The number of aryl methyl sites for hydroxylation is 1. The van der Waals surface area contributed by atoms with E-state index in [9.17, 15) is 14.4 Å². The first kappa shape index (κ1) is 23.5. The number of aromatic nitrogens is 2. The zero-order valence-corrected chi connectivity index (χ0v) is 18.9. The molecule has 1 aromatic heterocycles. The van der Waals surface area contributed by atoms with Crippen molar-refractivity contribution in [1.82, 2.24) is 9.55 Å². The number of esters is 2. The summed E-state index contributed by atoms with van der Waals surface area (Å²) in [5, 5.41) is 3.50. The molecule has 0 spiro atoms. The molecule has 1 aromatic carbocycles. The number of nitrogens with zero attached hydrogens (tertiary/aromatic N) is 2. The van der Waals surface area contributed by atoms with Gasteiger partial charge in [-0.05, 0) is 38.0 Å². The van der Waals surface area contributed by atoms with Gasteiger partial charge in [-0.1, -0.05) is 25.6 Å². The van der Waals surface area contributed by atoms with Crippen molar-refractivity contribution in [2.75, 3.05) is 25.3 Å². The van der Waals surface area contributed by atoms with Crippen LogP contribution in [0, 0.1) is 19.8 Å². The molecule has 0 bridgehead atoms. The van der Waals surface area contributed by atoms with Crippen molar-refractivity contribution in [3.05, 3.63) is 40.7 Å². The first-order valence-electron chi connectivity index (χ1n) is 9.44. The van der Waals surface area contributed by atoms with Crippen LogP contribution in [-0.2, 0) is 20.8 Å². The molecule has 0 atom stereocenters. The maximum Gasteiger partial charge on any atom is 0.337 e. The summed E-state index contributed by atoms with van der Waals surface area (Å²) in [6.45, 7) is 9.04. The fourth-order valence-electron chi connectivity index (χ4n) is 2.81. The third-order valence-electron chi connectivity index (χ3n) is 4.36. The van der Waals surface area contributed by atoms with E-state index in [2.05, 4.69) is 28.7 Å². The van der Waals surface area contributed by atoms with Crippen LogP contribution in [0.25, 0.3) is 0 Å². The van der Waals surface area contributed by atoms with Crippen LogP contribution in [0.4, 0.5) is 5.69 Å². The van der Waals surface area contributed by atoms with Crippen molar-refractivity contribution in [2.24, 2.45) is 5.92 Å². The van der Waals surface area contributed by atoms with Crippen LogP contribution < -0.4 is 5.32 Å². The average molecular weight is 434 g/mol.